The molecule has 0 aromatic heterocycles. The van der Waals surface area contributed by atoms with Gasteiger partial charge in [0.05, 0.1) is 20.8 Å². The summed E-state index contributed by atoms with van der Waals surface area (Å²) in [5.41, 5.74) is 3.25. The molecule has 4 amide bonds. The van der Waals surface area contributed by atoms with Gasteiger partial charge in [0.1, 0.15) is 6.04 Å². The molecule has 4 rings (SSSR count). The molecule has 8 heteroatoms. The van der Waals surface area contributed by atoms with Crippen molar-refractivity contribution < 1.29 is 28.8 Å². The maximum Gasteiger partial charge on any atom is 0.338 e. The molecular weight excluding hydrogens is 386 g/mol. The summed E-state index contributed by atoms with van der Waals surface area (Å²) in [4.78, 5) is 39.6. The fraction of sp³-hybridized carbons (Fsp3) is 0.318. The number of fused-ring (bicyclic) bond motifs is 1. The lowest BCUT2D eigenvalue weighted by Gasteiger charge is -2.36. The minimum absolute atomic E-state index is 0.112. The number of hydrogen-bond acceptors (Lipinski definition) is 5. The van der Waals surface area contributed by atoms with Crippen molar-refractivity contribution in [1.29, 1.82) is 0 Å². The Morgan fingerprint density at radius 3 is 2.27 bits per heavy atom. The number of hydrogen-bond donors (Lipinski definition) is 1. The molecule has 156 valence electrons. The number of quaternary nitrogens is 1. The summed E-state index contributed by atoms with van der Waals surface area (Å²) in [6.07, 6.45) is 0.744. The summed E-state index contributed by atoms with van der Waals surface area (Å²) in [6, 6.07) is 13.2. The van der Waals surface area contributed by atoms with Gasteiger partial charge in [0.25, 0.3) is 0 Å². The number of amides is 4. The first-order valence-corrected chi connectivity index (χ1v) is 9.74. The van der Waals surface area contributed by atoms with E-state index in [1.807, 2.05) is 42.5 Å². The highest BCUT2D eigenvalue weighted by Crippen LogP contribution is 2.36. The fourth-order valence-electron chi connectivity index (χ4n) is 4.27. The third-order valence-electron chi connectivity index (χ3n) is 5.82. The number of ether oxygens (including phenoxy) is 2. The van der Waals surface area contributed by atoms with Gasteiger partial charge in [0.15, 0.2) is 18.2 Å². The number of carbonyl (C=O) groups excluding carboxylic acids is 3. The molecule has 2 heterocycles. The molecule has 0 saturated carbocycles. The van der Waals surface area contributed by atoms with E-state index in [1.165, 1.54) is 7.05 Å². The quantitative estimate of drug-likeness (QED) is 0.577. The molecule has 1 saturated heterocycles. The van der Waals surface area contributed by atoms with Crippen LogP contribution in [0.3, 0.4) is 0 Å². The Bertz CT molecular complexity index is 1010. The molecule has 1 N–H and O–H groups in total. The number of nitrogens with zero attached hydrogens (tertiary/aromatic N) is 2. The van der Waals surface area contributed by atoms with Gasteiger partial charge in [-0.1, -0.05) is 30.3 Å². The molecule has 8 nitrogen and oxygen atoms in total. The van der Waals surface area contributed by atoms with Crippen LogP contribution in [-0.4, -0.2) is 62.1 Å². The van der Waals surface area contributed by atoms with Gasteiger partial charge >= 0.3 is 17.8 Å². The Balaban J connectivity index is 1.76. The van der Waals surface area contributed by atoms with Crippen molar-refractivity contribution in [2.75, 3.05) is 34.5 Å². The molecular formula is C22H24N3O5+. The van der Waals surface area contributed by atoms with Crippen LogP contribution >= 0.6 is 0 Å². The number of likely N-dealkylation sites (N-methyl/N-ethyl adjacent to an activating group) is 1. The third-order valence-corrected chi connectivity index (χ3v) is 5.82. The molecule has 2 atom stereocenters. The van der Waals surface area contributed by atoms with Gasteiger partial charge in [-0.25, -0.2) is 9.69 Å². The predicted octanol–water partition coefficient (Wildman–Crippen LogP) is 0.612. The highest BCUT2D eigenvalue weighted by Gasteiger charge is 2.46. The van der Waals surface area contributed by atoms with Crippen LogP contribution in [0, 0.1) is 0 Å². The number of urea groups is 1. The monoisotopic (exact) mass is 410 g/mol. The van der Waals surface area contributed by atoms with E-state index >= 15 is 0 Å². The smallest absolute Gasteiger partial charge is 0.338 e. The van der Waals surface area contributed by atoms with Gasteiger partial charge in [0, 0.05) is 24.6 Å². The number of carbonyl (C=O) groups is 3. The molecule has 0 aliphatic carbocycles. The van der Waals surface area contributed by atoms with Gasteiger partial charge in [0.2, 0.25) is 0 Å². The molecule has 0 bridgehead atoms. The van der Waals surface area contributed by atoms with Crippen LogP contribution in [-0.2, 0) is 16.0 Å². The normalized spacial score (nSPS) is 21.1. The SMILES string of the molecule is COc1cc2c(cc1OC)[C@H](c1ccccc1)[NH+](CN1C(=O)C(=O)N(C)C1=O)CC2. The Morgan fingerprint density at radius 2 is 1.67 bits per heavy atom. The lowest BCUT2D eigenvalue weighted by atomic mass is 9.88. The summed E-state index contributed by atoms with van der Waals surface area (Å²) < 4.78 is 11.0. The molecule has 30 heavy (non-hydrogen) atoms. The number of nitrogens with one attached hydrogen (secondary N) is 1. The first kappa shape index (κ1) is 19.9. The molecule has 0 spiro atoms. The summed E-state index contributed by atoms with van der Waals surface area (Å²) >= 11 is 0. The zero-order chi connectivity index (χ0) is 21.4. The van der Waals surface area contributed by atoms with Crippen molar-refractivity contribution in [3.63, 3.8) is 0 Å². The summed E-state index contributed by atoms with van der Waals surface area (Å²) in [5, 5.41) is 0. The van der Waals surface area contributed by atoms with E-state index in [-0.39, 0.29) is 12.7 Å². The molecule has 2 aromatic rings. The topological polar surface area (TPSA) is 80.6 Å². The Morgan fingerprint density at radius 1 is 1.00 bits per heavy atom. The van der Waals surface area contributed by atoms with E-state index in [0.29, 0.717) is 18.0 Å². The van der Waals surface area contributed by atoms with Crippen molar-refractivity contribution in [3.8, 4) is 11.5 Å². The summed E-state index contributed by atoms with van der Waals surface area (Å²) in [5.74, 6) is -0.273. The Kier molecular flexibility index (Phi) is 5.17. The third kappa shape index (κ3) is 3.19. The first-order chi connectivity index (χ1) is 14.5. The summed E-state index contributed by atoms with van der Waals surface area (Å²) in [7, 11) is 4.53. The number of imide groups is 2. The van der Waals surface area contributed by atoms with E-state index in [2.05, 4.69) is 0 Å². The molecule has 1 fully saturated rings. The zero-order valence-corrected chi connectivity index (χ0v) is 17.2. The van der Waals surface area contributed by atoms with Gasteiger partial charge in [-0.3, -0.25) is 14.5 Å². The van der Waals surface area contributed by atoms with Gasteiger partial charge < -0.3 is 14.4 Å². The van der Waals surface area contributed by atoms with Crippen molar-refractivity contribution in [3.05, 3.63) is 59.2 Å². The van der Waals surface area contributed by atoms with E-state index in [1.54, 1.807) is 14.2 Å². The lowest BCUT2D eigenvalue weighted by molar-refractivity contribution is -0.934. The van der Waals surface area contributed by atoms with E-state index in [9.17, 15) is 14.4 Å². The van der Waals surface area contributed by atoms with Gasteiger partial charge in [-0.15, -0.1) is 0 Å². The van der Waals surface area contributed by atoms with Crippen LogP contribution in [0.1, 0.15) is 22.7 Å². The fourth-order valence-corrected chi connectivity index (χ4v) is 4.27. The molecule has 0 radical (unpaired) electrons. The minimum atomic E-state index is -0.792. The van der Waals surface area contributed by atoms with Crippen molar-refractivity contribution in [2.24, 2.45) is 0 Å². The molecule has 1 unspecified atom stereocenters. The van der Waals surface area contributed by atoms with Gasteiger partial charge in [-0.05, 0) is 17.7 Å². The average Bonchev–Trinajstić information content (AvgIpc) is 2.96. The molecule has 2 aliphatic rings. The molecule has 2 aliphatic heterocycles. The standard InChI is InChI=1S/C22H23N3O5/c1-23-20(26)21(27)25(22(23)28)13-24-10-9-15-11-17(29-2)18(30-3)12-16(15)19(24)14-7-5-4-6-8-14/h4-8,11-12,19H,9-10,13H2,1-3H3/p+1/t19-/m0/s1. The van der Waals surface area contributed by atoms with Crippen molar-refractivity contribution in [2.45, 2.75) is 12.5 Å². The highest BCUT2D eigenvalue weighted by molar-refractivity contribution is 6.44. The first-order valence-electron chi connectivity index (χ1n) is 9.74. The van der Waals surface area contributed by atoms with Crippen molar-refractivity contribution >= 4 is 17.8 Å². The second-order valence-electron chi connectivity index (χ2n) is 7.45. The zero-order valence-electron chi connectivity index (χ0n) is 17.2. The highest BCUT2D eigenvalue weighted by atomic mass is 16.5. The Labute approximate surface area is 174 Å². The van der Waals surface area contributed by atoms with Crippen LogP contribution in [0.5, 0.6) is 11.5 Å². The van der Waals surface area contributed by atoms with E-state index in [0.717, 1.165) is 37.8 Å². The minimum Gasteiger partial charge on any atom is -0.493 e. The van der Waals surface area contributed by atoms with Gasteiger partial charge in [-0.2, -0.15) is 0 Å². The molecule has 2 aromatic carbocycles. The van der Waals surface area contributed by atoms with Crippen molar-refractivity contribution in [1.82, 2.24) is 9.80 Å². The second-order valence-corrected chi connectivity index (χ2v) is 7.45. The number of benzene rings is 2. The largest absolute Gasteiger partial charge is 0.493 e. The average molecular weight is 410 g/mol. The van der Waals surface area contributed by atoms with Crippen LogP contribution in [0.25, 0.3) is 0 Å². The van der Waals surface area contributed by atoms with Crippen LogP contribution in [0.4, 0.5) is 4.79 Å². The lowest BCUT2D eigenvalue weighted by Crippen LogP contribution is -3.15. The Hall–Kier alpha value is -3.39. The maximum atomic E-state index is 12.4. The number of rotatable bonds is 5. The number of methoxy groups -OCH3 is 2. The predicted molar refractivity (Wildman–Crippen MR) is 107 cm³/mol. The van der Waals surface area contributed by atoms with E-state index < -0.39 is 17.8 Å². The van der Waals surface area contributed by atoms with Crippen LogP contribution in [0.2, 0.25) is 0 Å². The summed E-state index contributed by atoms with van der Waals surface area (Å²) in [6.45, 7) is 0.804. The van der Waals surface area contributed by atoms with Crippen LogP contribution < -0.4 is 14.4 Å². The second kappa shape index (κ2) is 7.79. The maximum absolute atomic E-state index is 12.4. The van der Waals surface area contributed by atoms with Crippen LogP contribution in [0.15, 0.2) is 42.5 Å². The van der Waals surface area contributed by atoms with E-state index in [4.69, 9.17) is 9.47 Å².